The van der Waals surface area contributed by atoms with Crippen molar-refractivity contribution in [3.63, 3.8) is 0 Å². The Morgan fingerprint density at radius 2 is 2.06 bits per heavy atom. The third kappa shape index (κ3) is 1.77. The molecule has 0 fully saturated rings. The number of nitrogens with two attached hydrogens (primary N) is 1. The van der Waals surface area contributed by atoms with Crippen LogP contribution >= 0.6 is 0 Å². The van der Waals surface area contributed by atoms with Crippen molar-refractivity contribution in [3.8, 4) is 0 Å². The topological polar surface area (TPSA) is 41.6 Å². The molecule has 0 spiro atoms. The summed E-state index contributed by atoms with van der Waals surface area (Å²) in [5.74, 6) is 0.456. The van der Waals surface area contributed by atoms with Crippen LogP contribution in [0.3, 0.4) is 0 Å². The molecule has 0 radical (unpaired) electrons. The van der Waals surface area contributed by atoms with E-state index >= 15 is 0 Å². The van der Waals surface area contributed by atoms with Gasteiger partial charge in [-0.25, -0.2) is 4.39 Å². The van der Waals surface area contributed by atoms with Gasteiger partial charge in [0.15, 0.2) is 5.96 Å². The molecule has 17 heavy (non-hydrogen) atoms. The maximum absolute atomic E-state index is 13.9. The fourth-order valence-corrected chi connectivity index (χ4v) is 2.12. The van der Waals surface area contributed by atoms with Crippen molar-refractivity contribution >= 4 is 11.6 Å². The van der Waals surface area contributed by atoms with E-state index in [4.69, 9.17) is 5.73 Å². The van der Waals surface area contributed by atoms with Crippen molar-refractivity contribution in [2.24, 2.45) is 16.6 Å². The lowest BCUT2D eigenvalue weighted by Crippen LogP contribution is -2.53. The van der Waals surface area contributed by atoms with Crippen molar-refractivity contribution in [2.45, 2.75) is 26.3 Å². The summed E-state index contributed by atoms with van der Waals surface area (Å²) in [6.07, 6.45) is 0. The van der Waals surface area contributed by atoms with E-state index in [0.717, 1.165) is 0 Å². The van der Waals surface area contributed by atoms with E-state index in [-0.39, 0.29) is 11.4 Å². The van der Waals surface area contributed by atoms with Gasteiger partial charge < -0.3 is 10.6 Å². The number of para-hydroxylation sites is 1. The van der Waals surface area contributed by atoms with Gasteiger partial charge in [-0.15, -0.1) is 0 Å². The number of nitrogens with zero attached hydrogens (tertiary/aromatic N) is 2. The summed E-state index contributed by atoms with van der Waals surface area (Å²) >= 11 is 0. The fraction of sp³-hybridized carbons (Fsp3) is 0.462. The third-order valence-electron chi connectivity index (χ3n) is 3.64. The van der Waals surface area contributed by atoms with Crippen molar-refractivity contribution in [2.75, 3.05) is 11.4 Å². The van der Waals surface area contributed by atoms with Crippen LogP contribution in [0.5, 0.6) is 0 Å². The first kappa shape index (κ1) is 11.9. The van der Waals surface area contributed by atoms with E-state index < -0.39 is 0 Å². The molecule has 0 bridgehead atoms. The molecule has 2 rings (SSSR count). The highest BCUT2D eigenvalue weighted by Crippen LogP contribution is 2.35. The Hall–Kier alpha value is -1.58. The number of hydrogen-bond acceptors (Lipinski definition) is 3. The second-order valence-corrected chi connectivity index (χ2v) is 4.97. The number of guanidine groups is 1. The summed E-state index contributed by atoms with van der Waals surface area (Å²) in [6.45, 7) is 6.86. The van der Waals surface area contributed by atoms with Crippen LogP contribution in [-0.4, -0.2) is 18.0 Å². The van der Waals surface area contributed by atoms with Crippen molar-refractivity contribution in [1.29, 1.82) is 0 Å². The molecule has 0 saturated carbocycles. The SMILES string of the molecule is CC(C)C1(C)CN=C(N)N1c1ccccc1F. The molecule has 1 aliphatic rings. The van der Waals surface area contributed by atoms with Crippen LogP contribution in [0.4, 0.5) is 10.1 Å². The summed E-state index contributed by atoms with van der Waals surface area (Å²) in [7, 11) is 0. The molecular formula is C13H18FN3. The summed E-state index contributed by atoms with van der Waals surface area (Å²) < 4.78 is 13.9. The quantitative estimate of drug-likeness (QED) is 0.855. The first-order chi connectivity index (χ1) is 7.97. The number of rotatable bonds is 2. The Bertz CT molecular complexity index is 456. The first-order valence-corrected chi connectivity index (χ1v) is 5.81. The second-order valence-electron chi connectivity index (χ2n) is 4.97. The highest BCUT2D eigenvalue weighted by atomic mass is 19.1. The van der Waals surface area contributed by atoms with Gasteiger partial charge in [0.25, 0.3) is 0 Å². The molecule has 4 heteroatoms. The monoisotopic (exact) mass is 235 g/mol. The Morgan fingerprint density at radius 1 is 1.41 bits per heavy atom. The number of anilines is 1. The first-order valence-electron chi connectivity index (χ1n) is 5.81. The zero-order valence-corrected chi connectivity index (χ0v) is 10.4. The van der Waals surface area contributed by atoms with Gasteiger partial charge in [0.2, 0.25) is 0 Å². The Balaban J connectivity index is 2.49. The molecule has 0 amide bonds. The number of hydrogen-bond donors (Lipinski definition) is 1. The molecule has 0 aliphatic carbocycles. The van der Waals surface area contributed by atoms with E-state index in [2.05, 4.69) is 25.8 Å². The average Bonchev–Trinajstić information content (AvgIpc) is 2.58. The highest BCUT2D eigenvalue weighted by molar-refractivity contribution is 5.98. The fourth-order valence-electron chi connectivity index (χ4n) is 2.12. The van der Waals surface area contributed by atoms with Gasteiger partial charge in [0.1, 0.15) is 5.82 Å². The average molecular weight is 235 g/mol. The predicted molar refractivity (Wildman–Crippen MR) is 68.6 cm³/mol. The standard InChI is InChI=1S/C13H18FN3/c1-9(2)13(3)8-16-12(15)17(13)11-7-5-4-6-10(11)14/h4-7,9H,8H2,1-3H3,(H2,15,16). The minimum absolute atomic E-state index is 0.258. The molecule has 1 aromatic rings. The second kappa shape index (κ2) is 4.02. The molecule has 3 nitrogen and oxygen atoms in total. The van der Waals surface area contributed by atoms with Crippen LogP contribution in [0.25, 0.3) is 0 Å². The zero-order chi connectivity index (χ0) is 12.6. The van der Waals surface area contributed by atoms with Crippen molar-refractivity contribution in [3.05, 3.63) is 30.1 Å². The van der Waals surface area contributed by atoms with Crippen molar-refractivity contribution in [1.82, 2.24) is 0 Å². The number of benzene rings is 1. The van der Waals surface area contributed by atoms with Gasteiger partial charge in [0, 0.05) is 0 Å². The molecule has 0 saturated heterocycles. The Morgan fingerprint density at radius 3 is 2.65 bits per heavy atom. The number of halogens is 1. The Labute approximate surface area is 101 Å². The molecule has 92 valence electrons. The Kier molecular flexibility index (Phi) is 2.81. The maximum Gasteiger partial charge on any atom is 0.196 e. The lowest BCUT2D eigenvalue weighted by molar-refractivity contribution is 0.363. The maximum atomic E-state index is 13.9. The van der Waals surface area contributed by atoms with Crippen LogP contribution in [0.1, 0.15) is 20.8 Å². The normalized spacial score (nSPS) is 24.3. The molecular weight excluding hydrogens is 217 g/mol. The summed E-state index contributed by atoms with van der Waals surface area (Å²) in [5, 5.41) is 0. The van der Waals surface area contributed by atoms with Crippen LogP contribution in [-0.2, 0) is 0 Å². The largest absolute Gasteiger partial charge is 0.369 e. The van der Waals surface area contributed by atoms with Gasteiger partial charge in [-0.3, -0.25) is 4.99 Å². The lowest BCUT2D eigenvalue weighted by Gasteiger charge is -2.39. The van der Waals surface area contributed by atoms with E-state index in [1.54, 1.807) is 12.1 Å². The highest BCUT2D eigenvalue weighted by Gasteiger charge is 2.42. The van der Waals surface area contributed by atoms with Gasteiger partial charge in [-0.2, -0.15) is 0 Å². The van der Waals surface area contributed by atoms with Gasteiger partial charge in [-0.1, -0.05) is 26.0 Å². The van der Waals surface area contributed by atoms with Crippen LogP contribution < -0.4 is 10.6 Å². The van der Waals surface area contributed by atoms with Gasteiger partial charge >= 0.3 is 0 Å². The van der Waals surface area contributed by atoms with Gasteiger partial charge in [0.05, 0.1) is 17.8 Å². The minimum atomic E-state index is -0.264. The van der Waals surface area contributed by atoms with Crippen LogP contribution in [0, 0.1) is 11.7 Å². The van der Waals surface area contributed by atoms with E-state index in [1.165, 1.54) is 6.07 Å². The lowest BCUT2D eigenvalue weighted by atomic mass is 9.87. The molecule has 1 atom stereocenters. The van der Waals surface area contributed by atoms with E-state index in [0.29, 0.717) is 24.1 Å². The number of aliphatic imine (C=N–C) groups is 1. The van der Waals surface area contributed by atoms with E-state index in [1.807, 2.05) is 11.0 Å². The minimum Gasteiger partial charge on any atom is -0.369 e. The molecule has 1 aromatic carbocycles. The summed E-state index contributed by atoms with van der Waals surface area (Å²) in [6, 6.07) is 6.67. The molecule has 0 aromatic heterocycles. The van der Waals surface area contributed by atoms with Crippen LogP contribution in [0.15, 0.2) is 29.3 Å². The third-order valence-corrected chi connectivity index (χ3v) is 3.64. The molecule has 1 aliphatic heterocycles. The molecule has 2 N–H and O–H groups in total. The molecule has 1 heterocycles. The predicted octanol–water partition coefficient (Wildman–Crippen LogP) is 2.38. The van der Waals surface area contributed by atoms with Crippen molar-refractivity contribution < 1.29 is 4.39 Å². The van der Waals surface area contributed by atoms with Gasteiger partial charge in [-0.05, 0) is 25.0 Å². The smallest absolute Gasteiger partial charge is 0.196 e. The van der Waals surface area contributed by atoms with E-state index in [9.17, 15) is 4.39 Å². The summed E-state index contributed by atoms with van der Waals surface area (Å²) in [4.78, 5) is 6.08. The molecule has 1 unspecified atom stereocenters. The summed E-state index contributed by atoms with van der Waals surface area (Å²) in [5.41, 5.74) is 6.15. The zero-order valence-electron chi connectivity index (χ0n) is 10.4. The van der Waals surface area contributed by atoms with Crippen LogP contribution in [0.2, 0.25) is 0 Å².